The van der Waals surface area contributed by atoms with Crippen LogP contribution < -0.4 is 11.1 Å². The third-order valence-corrected chi connectivity index (χ3v) is 3.37. The molecule has 0 saturated carbocycles. The van der Waals surface area contributed by atoms with E-state index in [0.717, 1.165) is 45.9 Å². The molecule has 0 atom stereocenters. The number of carbonyl (C=O) groups excluding carboxylic acids is 1. The third-order valence-electron chi connectivity index (χ3n) is 3.37. The normalized spacial score (nSPS) is 15.0. The molecule has 0 bridgehead atoms. The Kier molecular flexibility index (Phi) is 10.3. The van der Waals surface area contributed by atoms with Crippen LogP contribution in [0.4, 0.5) is 0 Å². The second-order valence-electron chi connectivity index (χ2n) is 4.93. The highest BCUT2D eigenvalue weighted by molar-refractivity contribution is 5.42. The number of nitrogens with two attached hydrogens (primary N) is 1. The fourth-order valence-electron chi connectivity index (χ4n) is 2.25. The van der Waals surface area contributed by atoms with Crippen molar-refractivity contribution >= 4 is 6.41 Å². The van der Waals surface area contributed by atoms with Crippen LogP contribution in [0.25, 0.3) is 0 Å². The predicted molar refractivity (Wildman–Crippen MR) is 85.1 cm³/mol. The third kappa shape index (κ3) is 9.18. The molecule has 1 aliphatic heterocycles. The van der Waals surface area contributed by atoms with E-state index in [1.807, 2.05) is 0 Å². The van der Waals surface area contributed by atoms with Crippen molar-refractivity contribution in [3.8, 4) is 0 Å². The van der Waals surface area contributed by atoms with Crippen LogP contribution in [0.3, 0.4) is 0 Å². The van der Waals surface area contributed by atoms with Gasteiger partial charge in [-0.3, -0.25) is 9.69 Å². The number of nitrogens with zero attached hydrogens (tertiary/aromatic N) is 1. The number of hydrogen-bond acceptors (Lipinski definition) is 4. The van der Waals surface area contributed by atoms with E-state index in [0.29, 0.717) is 0 Å². The molecule has 2 rings (SSSR count). The molecule has 1 aromatic rings. The van der Waals surface area contributed by atoms with Crippen molar-refractivity contribution in [3.63, 3.8) is 0 Å². The van der Waals surface area contributed by atoms with Crippen molar-refractivity contribution in [2.24, 2.45) is 5.73 Å². The van der Waals surface area contributed by atoms with E-state index < -0.39 is 0 Å². The highest BCUT2D eigenvalue weighted by Gasteiger charge is 2.08. The largest absolute Gasteiger partial charge is 0.379 e. The summed E-state index contributed by atoms with van der Waals surface area (Å²) in [7, 11) is 0. The minimum atomic E-state index is 0.250. The first-order valence-electron chi connectivity index (χ1n) is 7.57. The molecule has 0 spiro atoms. The summed E-state index contributed by atoms with van der Waals surface area (Å²) < 4.78 is 5.33. The van der Waals surface area contributed by atoms with Gasteiger partial charge in [-0.1, -0.05) is 30.3 Å². The van der Waals surface area contributed by atoms with E-state index in [-0.39, 0.29) is 6.41 Å². The highest BCUT2D eigenvalue weighted by Crippen LogP contribution is 2.01. The van der Waals surface area contributed by atoms with Gasteiger partial charge in [-0.2, -0.15) is 0 Å². The first-order chi connectivity index (χ1) is 10.4. The van der Waals surface area contributed by atoms with Gasteiger partial charge >= 0.3 is 0 Å². The molecule has 1 aromatic carbocycles. The second kappa shape index (κ2) is 12.3. The van der Waals surface area contributed by atoms with Crippen LogP contribution in [-0.2, 0) is 16.0 Å². The Hall–Kier alpha value is -1.43. The van der Waals surface area contributed by atoms with E-state index in [1.54, 1.807) is 0 Å². The summed E-state index contributed by atoms with van der Waals surface area (Å²) in [6.07, 6.45) is 2.64. The van der Waals surface area contributed by atoms with Crippen molar-refractivity contribution in [2.75, 3.05) is 45.9 Å². The first-order valence-corrected chi connectivity index (χ1v) is 7.57. The number of carbonyl (C=O) groups is 1. The van der Waals surface area contributed by atoms with E-state index in [2.05, 4.69) is 46.3 Å². The lowest BCUT2D eigenvalue weighted by Crippen LogP contribution is -2.40. The van der Waals surface area contributed by atoms with E-state index in [1.165, 1.54) is 18.4 Å². The van der Waals surface area contributed by atoms with Crippen LogP contribution in [-0.4, -0.2) is 57.2 Å². The zero-order valence-electron chi connectivity index (χ0n) is 12.7. The van der Waals surface area contributed by atoms with Gasteiger partial charge in [0.2, 0.25) is 6.41 Å². The smallest absolute Gasteiger partial charge is 0.204 e. The predicted octanol–water partition coefficient (Wildman–Crippen LogP) is 0.643. The molecule has 1 aliphatic rings. The van der Waals surface area contributed by atoms with Crippen LogP contribution in [0.15, 0.2) is 30.3 Å². The van der Waals surface area contributed by atoms with Gasteiger partial charge in [0.25, 0.3) is 0 Å². The summed E-state index contributed by atoms with van der Waals surface area (Å²) >= 11 is 0. The average Bonchev–Trinajstić information content (AvgIpc) is 2.53. The molecule has 5 nitrogen and oxygen atoms in total. The summed E-state index contributed by atoms with van der Waals surface area (Å²) in [5.41, 5.74) is 5.60. The number of rotatable bonds is 7. The van der Waals surface area contributed by atoms with E-state index >= 15 is 0 Å². The molecule has 0 radical (unpaired) electrons. The number of amides is 1. The molecule has 1 heterocycles. The first kappa shape index (κ1) is 17.6. The van der Waals surface area contributed by atoms with Gasteiger partial charge in [-0.15, -0.1) is 0 Å². The van der Waals surface area contributed by atoms with Gasteiger partial charge in [0.1, 0.15) is 0 Å². The van der Waals surface area contributed by atoms with Crippen molar-refractivity contribution in [1.82, 2.24) is 10.2 Å². The molecule has 118 valence electrons. The van der Waals surface area contributed by atoms with Gasteiger partial charge < -0.3 is 15.8 Å². The fraction of sp³-hybridized carbons (Fsp3) is 0.562. The lowest BCUT2D eigenvalue weighted by atomic mass is 10.1. The Morgan fingerprint density at radius 1 is 1.19 bits per heavy atom. The zero-order valence-corrected chi connectivity index (χ0v) is 12.7. The maximum Gasteiger partial charge on any atom is 0.204 e. The summed E-state index contributed by atoms with van der Waals surface area (Å²) in [5.74, 6) is 0. The van der Waals surface area contributed by atoms with Crippen LogP contribution in [0, 0.1) is 0 Å². The average molecular weight is 293 g/mol. The molecule has 1 fully saturated rings. The number of benzene rings is 1. The molecule has 1 saturated heterocycles. The highest BCUT2D eigenvalue weighted by atomic mass is 16.5. The summed E-state index contributed by atoms with van der Waals surface area (Å²) in [6.45, 7) is 7.32. The summed E-state index contributed by atoms with van der Waals surface area (Å²) in [6, 6.07) is 10.7. The lowest BCUT2D eigenvalue weighted by molar-refractivity contribution is -0.106. The number of primary amides is 1. The fourth-order valence-corrected chi connectivity index (χ4v) is 2.25. The SMILES string of the molecule is NC=O.c1ccc(CCCNCCN2CCOCC2)cc1. The second-order valence-corrected chi connectivity index (χ2v) is 4.93. The molecule has 0 unspecified atom stereocenters. The number of hydrogen-bond donors (Lipinski definition) is 2. The monoisotopic (exact) mass is 293 g/mol. The molecule has 3 N–H and O–H groups in total. The Labute approximate surface area is 127 Å². The van der Waals surface area contributed by atoms with Crippen LogP contribution in [0.1, 0.15) is 12.0 Å². The maximum atomic E-state index is 8.58. The van der Waals surface area contributed by atoms with Gasteiger partial charge in [-0.05, 0) is 24.9 Å². The summed E-state index contributed by atoms with van der Waals surface area (Å²) in [4.78, 5) is 11.0. The van der Waals surface area contributed by atoms with E-state index in [4.69, 9.17) is 9.53 Å². The Bertz CT molecular complexity index is 354. The van der Waals surface area contributed by atoms with Crippen molar-refractivity contribution in [2.45, 2.75) is 12.8 Å². The molecule has 0 aliphatic carbocycles. The van der Waals surface area contributed by atoms with Gasteiger partial charge in [0.05, 0.1) is 13.2 Å². The zero-order chi connectivity index (χ0) is 15.2. The number of ether oxygens (including phenoxy) is 1. The topological polar surface area (TPSA) is 67.6 Å². The molecule has 21 heavy (non-hydrogen) atoms. The van der Waals surface area contributed by atoms with Crippen LogP contribution >= 0.6 is 0 Å². The molecule has 5 heteroatoms. The van der Waals surface area contributed by atoms with Crippen LogP contribution in [0.2, 0.25) is 0 Å². The Balaban J connectivity index is 0.000000677. The molecule has 0 aromatic heterocycles. The maximum absolute atomic E-state index is 8.58. The van der Waals surface area contributed by atoms with Gasteiger partial charge in [0.15, 0.2) is 0 Å². The standard InChI is InChI=1S/C15H24N2O.CH3NO/c1-2-5-15(6-3-1)7-4-8-16-9-10-17-11-13-18-14-12-17;2-1-3/h1-3,5-6,16H,4,7-14H2;1H,(H2,2,3). The molecular weight excluding hydrogens is 266 g/mol. The molecular formula is C16H27N3O2. The van der Waals surface area contributed by atoms with Gasteiger partial charge in [0, 0.05) is 26.2 Å². The minimum Gasteiger partial charge on any atom is -0.379 e. The Morgan fingerprint density at radius 2 is 1.86 bits per heavy atom. The lowest BCUT2D eigenvalue weighted by Gasteiger charge is -2.26. The van der Waals surface area contributed by atoms with Gasteiger partial charge in [-0.25, -0.2) is 0 Å². The number of aryl methyl sites for hydroxylation is 1. The van der Waals surface area contributed by atoms with Crippen molar-refractivity contribution in [3.05, 3.63) is 35.9 Å². The number of nitrogens with one attached hydrogen (secondary N) is 1. The van der Waals surface area contributed by atoms with Crippen LogP contribution in [0.5, 0.6) is 0 Å². The number of morpholine rings is 1. The quantitative estimate of drug-likeness (QED) is 0.572. The van der Waals surface area contributed by atoms with Crippen molar-refractivity contribution in [1.29, 1.82) is 0 Å². The summed E-state index contributed by atoms with van der Waals surface area (Å²) in [5, 5.41) is 3.52. The van der Waals surface area contributed by atoms with E-state index in [9.17, 15) is 0 Å². The Morgan fingerprint density at radius 3 is 2.52 bits per heavy atom. The van der Waals surface area contributed by atoms with Crippen molar-refractivity contribution < 1.29 is 9.53 Å². The molecule has 1 amide bonds. The minimum absolute atomic E-state index is 0.250.